The predicted octanol–water partition coefficient (Wildman–Crippen LogP) is 7.02. The van der Waals surface area contributed by atoms with Gasteiger partial charge in [0.2, 0.25) is 5.90 Å². The minimum Gasteiger partial charge on any atom is -0.494 e. The lowest BCUT2D eigenvalue weighted by molar-refractivity contribution is -0.130. The van der Waals surface area contributed by atoms with E-state index in [1.807, 2.05) is 24.3 Å². The summed E-state index contributed by atoms with van der Waals surface area (Å²) in [5, 5.41) is 13.5. The van der Waals surface area contributed by atoms with Crippen molar-refractivity contribution in [2.45, 2.75) is 37.6 Å². The fourth-order valence-electron chi connectivity index (χ4n) is 5.19. The Morgan fingerprint density at radius 3 is 2.51 bits per heavy atom. The van der Waals surface area contributed by atoms with E-state index < -0.39 is 17.6 Å². The molecule has 4 aromatic rings. The highest BCUT2D eigenvalue weighted by Gasteiger charge is 2.54. The third-order valence-electron chi connectivity index (χ3n) is 7.57. The second-order valence-electron chi connectivity index (χ2n) is 10.7. The number of aliphatic hydroxyl groups is 1. The minimum atomic E-state index is -1.62. The number of azide groups is 1. The molecule has 0 aliphatic carbocycles. The van der Waals surface area contributed by atoms with Crippen molar-refractivity contribution in [3.05, 3.63) is 145 Å². The zero-order valence-electron chi connectivity index (χ0n) is 25.1. The number of hydrogen-bond donors (Lipinski definition) is 3. The highest BCUT2D eigenvalue weighted by atomic mass is 35.5. The summed E-state index contributed by atoms with van der Waals surface area (Å²) < 4.78 is 25.7. The number of halogens is 3. The van der Waals surface area contributed by atoms with Gasteiger partial charge in [0.15, 0.2) is 11.6 Å². The van der Waals surface area contributed by atoms with Crippen molar-refractivity contribution in [3.8, 4) is 5.75 Å². The van der Waals surface area contributed by atoms with E-state index in [0.29, 0.717) is 46.1 Å². The number of nitrogens with one attached hydrogen (secondary N) is 2. The summed E-state index contributed by atoms with van der Waals surface area (Å²) in [6.07, 6.45) is -0.471. The number of aliphatic hydroxyl groups excluding tert-OH is 1. The summed E-state index contributed by atoms with van der Waals surface area (Å²) in [6.45, 7) is 0.645. The standard InChI is InChI=1S/C34H31Cl2FN6O4/c35-26-10-15-29(30(36)18-26)31-34(19-24-4-1-2-5-25(24)21-40-43-38,33(45)42-39-20-22-6-11-27(37)12-7-22)41-32(47-31)23-8-13-28(14-9-23)46-17-3-16-44/h1-2,4-15,18,31,39,44H,3,16-17,19-21H2,(H,42,45)/t31-,34-/m0/s1. The summed E-state index contributed by atoms with van der Waals surface area (Å²) in [5.41, 5.74) is 16.4. The first-order valence-electron chi connectivity index (χ1n) is 14.7. The van der Waals surface area contributed by atoms with Gasteiger partial charge in [-0.1, -0.05) is 70.8 Å². The van der Waals surface area contributed by atoms with Gasteiger partial charge in [0.1, 0.15) is 11.6 Å². The fraction of sp³-hybridized carbons (Fsp3) is 0.235. The van der Waals surface area contributed by atoms with Gasteiger partial charge in [-0.15, -0.1) is 0 Å². The second kappa shape index (κ2) is 15.8. The monoisotopic (exact) mass is 676 g/mol. The molecule has 0 spiro atoms. The Morgan fingerprint density at radius 1 is 1.06 bits per heavy atom. The van der Waals surface area contributed by atoms with E-state index in [-0.39, 0.29) is 42.9 Å². The first-order valence-corrected chi connectivity index (χ1v) is 15.5. The summed E-state index contributed by atoms with van der Waals surface area (Å²) in [6, 6.07) is 25.2. The molecule has 1 amide bonds. The molecule has 0 aromatic heterocycles. The number of rotatable bonds is 14. The highest BCUT2D eigenvalue weighted by molar-refractivity contribution is 6.35. The molecule has 3 N–H and O–H groups in total. The normalized spacial score (nSPS) is 16.9. The molecular weight excluding hydrogens is 646 g/mol. The van der Waals surface area contributed by atoms with Crippen molar-refractivity contribution in [3.63, 3.8) is 0 Å². The SMILES string of the molecule is [N-]=[N+]=NCc1ccccc1C[C@]1(C(=O)NNCc2ccc(F)cc2)N=C(c2ccc(OCCCO)cc2)O[C@H]1c1ccc(Cl)cc1Cl. The molecule has 5 rings (SSSR count). The zero-order chi connectivity index (χ0) is 33.2. The maximum absolute atomic E-state index is 14.5. The molecule has 0 radical (unpaired) electrons. The summed E-state index contributed by atoms with van der Waals surface area (Å²) in [4.78, 5) is 22.4. The molecule has 10 nitrogen and oxygen atoms in total. The number of ether oxygens (including phenoxy) is 2. The van der Waals surface area contributed by atoms with Crippen molar-refractivity contribution >= 4 is 35.0 Å². The third-order valence-corrected chi connectivity index (χ3v) is 8.13. The van der Waals surface area contributed by atoms with E-state index >= 15 is 0 Å². The molecule has 0 unspecified atom stereocenters. The van der Waals surface area contributed by atoms with Crippen molar-refractivity contribution in [2.75, 3.05) is 13.2 Å². The Morgan fingerprint density at radius 2 is 1.81 bits per heavy atom. The summed E-state index contributed by atoms with van der Waals surface area (Å²) in [7, 11) is 0. The second-order valence-corrected chi connectivity index (χ2v) is 11.6. The Kier molecular flexibility index (Phi) is 11.3. The maximum atomic E-state index is 14.5. The number of carbonyl (C=O) groups excluding carboxylic acids is 1. The molecule has 1 heterocycles. The number of carbonyl (C=O) groups is 1. The average molecular weight is 678 g/mol. The van der Waals surface area contributed by atoms with Crippen LogP contribution in [0.5, 0.6) is 5.75 Å². The summed E-state index contributed by atoms with van der Waals surface area (Å²) >= 11 is 13.0. The van der Waals surface area contributed by atoms with Gasteiger partial charge < -0.3 is 14.6 Å². The molecule has 2 atom stereocenters. The van der Waals surface area contributed by atoms with Crippen LogP contribution < -0.4 is 15.6 Å². The van der Waals surface area contributed by atoms with Crippen LogP contribution in [0.4, 0.5) is 4.39 Å². The lowest BCUT2D eigenvalue weighted by atomic mass is 9.81. The number of hydrazine groups is 1. The quantitative estimate of drug-likeness (QED) is 0.0433. The highest BCUT2D eigenvalue weighted by Crippen LogP contribution is 2.45. The van der Waals surface area contributed by atoms with Crippen molar-refractivity contribution in [2.24, 2.45) is 10.1 Å². The Balaban J connectivity index is 1.58. The number of aliphatic imine (C=N–C) groups is 1. The van der Waals surface area contributed by atoms with E-state index in [1.54, 1.807) is 54.6 Å². The Bertz CT molecular complexity index is 1780. The molecule has 4 aromatic carbocycles. The fourth-order valence-corrected chi connectivity index (χ4v) is 5.70. The van der Waals surface area contributed by atoms with Gasteiger partial charge in [-0.05, 0) is 70.8 Å². The molecule has 0 saturated heterocycles. The average Bonchev–Trinajstić information content (AvgIpc) is 3.45. The van der Waals surface area contributed by atoms with E-state index in [1.165, 1.54) is 12.1 Å². The van der Waals surface area contributed by atoms with Crippen LogP contribution in [-0.4, -0.2) is 35.7 Å². The van der Waals surface area contributed by atoms with Crippen molar-refractivity contribution in [1.29, 1.82) is 0 Å². The maximum Gasteiger partial charge on any atom is 0.266 e. The lowest BCUT2D eigenvalue weighted by Gasteiger charge is -2.32. The molecule has 1 aliphatic rings. The zero-order valence-corrected chi connectivity index (χ0v) is 26.6. The topological polar surface area (TPSA) is 141 Å². The molecule has 0 fully saturated rings. The van der Waals surface area contributed by atoms with Crippen molar-refractivity contribution < 1.29 is 23.8 Å². The molecule has 47 heavy (non-hydrogen) atoms. The van der Waals surface area contributed by atoms with Gasteiger partial charge in [-0.2, -0.15) is 0 Å². The number of benzene rings is 4. The molecule has 0 saturated carbocycles. The third kappa shape index (κ3) is 8.21. The number of nitrogens with zero attached hydrogens (tertiary/aromatic N) is 4. The smallest absolute Gasteiger partial charge is 0.266 e. The first kappa shape index (κ1) is 33.7. The molecule has 13 heteroatoms. The Labute approximate surface area is 280 Å². The van der Waals surface area contributed by atoms with E-state index in [9.17, 15) is 9.18 Å². The largest absolute Gasteiger partial charge is 0.494 e. The van der Waals surface area contributed by atoms with Crippen LogP contribution in [-0.2, 0) is 29.0 Å². The number of hydrogen-bond acceptors (Lipinski definition) is 7. The minimum absolute atomic E-state index is 0.0201. The van der Waals surface area contributed by atoms with E-state index in [0.717, 1.165) is 5.56 Å². The number of amides is 1. The molecule has 242 valence electrons. The molecule has 0 bridgehead atoms. The van der Waals surface area contributed by atoms with E-state index in [2.05, 4.69) is 20.9 Å². The lowest BCUT2D eigenvalue weighted by Crippen LogP contribution is -2.53. The van der Waals surface area contributed by atoms with Gasteiger partial charge in [0, 0.05) is 52.1 Å². The van der Waals surface area contributed by atoms with E-state index in [4.69, 9.17) is 48.3 Å². The molecular formula is C34H31Cl2FN6O4. The van der Waals surface area contributed by atoms with Gasteiger partial charge in [0.05, 0.1) is 13.2 Å². The predicted molar refractivity (Wildman–Crippen MR) is 178 cm³/mol. The first-order chi connectivity index (χ1) is 22.8. The van der Waals surface area contributed by atoms with Crippen LogP contribution >= 0.6 is 23.2 Å². The van der Waals surface area contributed by atoms with Crippen LogP contribution in [0.1, 0.15) is 40.3 Å². The van der Waals surface area contributed by atoms with Gasteiger partial charge in [-0.3, -0.25) is 10.2 Å². The molecule has 1 aliphatic heterocycles. The van der Waals surface area contributed by atoms with Gasteiger partial charge in [0.25, 0.3) is 5.91 Å². The summed E-state index contributed by atoms with van der Waals surface area (Å²) in [5.74, 6) is -0.0927. The van der Waals surface area contributed by atoms with Crippen LogP contribution in [0.15, 0.2) is 101 Å². The van der Waals surface area contributed by atoms with Crippen LogP contribution in [0.3, 0.4) is 0 Å². The van der Waals surface area contributed by atoms with Crippen molar-refractivity contribution in [1.82, 2.24) is 10.9 Å². The van der Waals surface area contributed by atoms with Crippen LogP contribution in [0.25, 0.3) is 10.4 Å². The van der Waals surface area contributed by atoms with Gasteiger partial charge >= 0.3 is 0 Å². The van der Waals surface area contributed by atoms with Gasteiger partial charge in [-0.25, -0.2) is 14.8 Å². The van der Waals surface area contributed by atoms with Crippen LogP contribution in [0.2, 0.25) is 10.0 Å². The van der Waals surface area contributed by atoms with Crippen LogP contribution in [0, 0.1) is 5.82 Å². The Hall–Kier alpha value is -4.64.